The molecule has 4 heteroatoms. The molecule has 2 heterocycles. The SMILES string of the molecule is O=C(Nc1ccc2c(c1)CNCC2)c1cccnc1. The molecule has 2 aromatic rings. The Morgan fingerprint density at radius 1 is 1.26 bits per heavy atom. The second-order valence-corrected chi connectivity index (χ2v) is 4.61. The van der Waals surface area contributed by atoms with Crippen LogP contribution in [0.4, 0.5) is 5.69 Å². The summed E-state index contributed by atoms with van der Waals surface area (Å²) in [5.74, 6) is -0.128. The minimum Gasteiger partial charge on any atom is -0.322 e. The maximum absolute atomic E-state index is 12.0. The number of rotatable bonds is 2. The zero-order valence-electron chi connectivity index (χ0n) is 10.5. The molecule has 0 saturated heterocycles. The number of nitrogens with one attached hydrogen (secondary N) is 2. The maximum Gasteiger partial charge on any atom is 0.257 e. The van der Waals surface area contributed by atoms with Crippen LogP contribution in [0.15, 0.2) is 42.7 Å². The lowest BCUT2D eigenvalue weighted by Crippen LogP contribution is -2.23. The predicted molar refractivity (Wildman–Crippen MR) is 74.0 cm³/mol. The fourth-order valence-corrected chi connectivity index (χ4v) is 2.26. The van der Waals surface area contributed by atoms with E-state index in [0.29, 0.717) is 5.56 Å². The summed E-state index contributed by atoms with van der Waals surface area (Å²) in [5, 5.41) is 6.23. The van der Waals surface area contributed by atoms with Crippen LogP contribution in [-0.2, 0) is 13.0 Å². The van der Waals surface area contributed by atoms with Crippen molar-refractivity contribution in [2.45, 2.75) is 13.0 Å². The summed E-state index contributed by atoms with van der Waals surface area (Å²) in [6.45, 7) is 1.89. The summed E-state index contributed by atoms with van der Waals surface area (Å²) in [6.07, 6.45) is 4.27. The van der Waals surface area contributed by atoms with Crippen LogP contribution >= 0.6 is 0 Å². The highest BCUT2D eigenvalue weighted by atomic mass is 16.1. The van der Waals surface area contributed by atoms with Crippen LogP contribution in [0.5, 0.6) is 0 Å². The first-order valence-electron chi connectivity index (χ1n) is 6.37. The molecule has 0 bridgehead atoms. The van der Waals surface area contributed by atoms with Gasteiger partial charge in [0.2, 0.25) is 0 Å². The third kappa shape index (κ3) is 2.63. The van der Waals surface area contributed by atoms with Crippen LogP contribution < -0.4 is 10.6 Å². The monoisotopic (exact) mass is 253 g/mol. The van der Waals surface area contributed by atoms with Gasteiger partial charge >= 0.3 is 0 Å². The Kier molecular flexibility index (Phi) is 3.25. The van der Waals surface area contributed by atoms with Gasteiger partial charge in [-0.25, -0.2) is 0 Å². The van der Waals surface area contributed by atoms with Crippen LogP contribution in [-0.4, -0.2) is 17.4 Å². The van der Waals surface area contributed by atoms with Crippen molar-refractivity contribution in [2.24, 2.45) is 0 Å². The van der Waals surface area contributed by atoms with Gasteiger partial charge < -0.3 is 10.6 Å². The molecule has 0 spiro atoms. The molecule has 0 unspecified atom stereocenters. The van der Waals surface area contributed by atoms with Crippen LogP contribution in [0.25, 0.3) is 0 Å². The van der Waals surface area contributed by atoms with E-state index in [1.165, 1.54) is 11.1 Å². The lowest BCUT2D eigenvalue weighted by molar-refractivity contribution is 0.102. The Balaban J connectivity index is 1.78. The van der Waals surface area contributed by atoms with Gasteiger partial charge in [-0.2, -0.15) is 0 Å². The summed E-state index contributed by atoms with van der Waals surface area (Å²) < 4.78 is 0. The molecule has 0 radical (unpaired) electrons. The molecule has 1 aromatic heterocycles. The van der Waals surface area contributed by atoms with Crippen molar-refractivity contribution in [1.82, 2.24) is 10.3 Å². The van der Waals surface area contributed by atoms with Crippen molar-refractivity contribution in [1.29, 1.82) is 0 Å². The standard InChI is InChI=1S/C15H15N3O/c19-15(12-2-1-6-16-9-12)18-14-4-3-11-5-7-17-10-13(11)8-14/h1-4,6,8-9,17H,5,7,10H2,(H,18,19). The second-order valence-electron chi connectivity index (χ2n) is 4.61. The van der Waals surface area contributed by atoms with Crippen molar-refractivity contribution in [2.75, 3.05) is 11.9 Å². The molecule has 1 amide bonds. The van der Waals surface area contributed by atoms with Gasteiger partial charge in [0.1, 0.15) is 0 Å². The number of carbonyl (C=O) groups excluding carboxylic acids is 1. The Labute approximate surface area is 111 Å². The molecule has 0 aliphatic carbocycles. The van der Waals surface area contributed by atoms with E-state index in [1.807, 2.05) is 12.1 Å². The number of pyridine rings is 1. The van der Waals surface area contributed by atoms with Gasteiger partial charge in [0.15, 0.2) is 0 Å². The van der Waals surface area contributed by atoms with Gasteiger partial charge in [-0.05, 0) is 48.4 Å². The van der Waals surface area contributed by atoms with E-state index in [-0.39, 0.29) is 5.91 Å². The van der Waals surface area contributed by atoms with Gasteiger partial charge in [0.25, 0.3) is 5.91 Å². The molecular formula is C15H15N3O. The average molecular weight is 253 g/mol. The first kappa shape index (κ1) is 11.9. The number of anilines is 1. The van der Waals surface area contributed by atoms with Gasteiger partial charge in [-0.3, -0.25) is 9.78 Å². The number of benzene rings is 1. The minimum absolute atomic E-state index is 0.128. The second kappa shape index (κ2) is 5.20. The highest BCUT2D eigenvalue weighted by Gasteiger charge is 2.10. The van der Waals surface area contributed by atoms with E-state index in [0.717, 1.165) is 25.2 Å². The average Bonchev–Trinajstić information content (AvgIpc) is 2.48. The quantitative estimate of drug-likeness (QED) is 0.860. The summed E-state index contributed by atoms with van der Waals surface area (Å²) in [5.41, 5.74) is 4.02. The van der Waals surface area contributed by atoms with Crippen LogP contribution in [0, 0.1) is 0 Å². The summed E-state index contributed by atoms with van der Waals surface area (Å²) in [7, 11) is 0. The lowest BCUT2D eigenvalue weighted by Gasteiger charge is -2.18. The van der Waals surface area contributed by atoms with Crippen molar-refractivity contribution in [3.63, 3.8) is 0 Å². The molecule has 4 nitrogen and oxygen atoms in total. The zero-order chi connectivity index (χ0) is 13.1. The number of aromatic nitrogens is 1. The predicted octanol–water partition coefficient (Wildman–Crippen LogP) is 1.98. The van der Waals surface area contributed by atoms with Crippen molar-refractivity contribution in [3.05, 3.63) is 59.4 Å². The van der Waals surface area contributed by atoms with Gasteiger partial charge in [-0.1, -0.05) is 6.07 Å². The topological polar surface area (TPSA) is 54.0 Å². The maximum atomic E-state index is 12.0. The molecule has 96 valence electrons. The minimum atomic E-state index is -0.128. The summed E-state index contributed by atoms with van der Waals surface area (Å²) in [6, 6.07) is 9.59. The summed E-state index contributed by atoms with van der Waals surface area (Å²) in [4.78, 5) is 16.0. The summed E-state index contributed by atoms with van der Waals surface area (Å²) >= 11 is 0. The van der Waals surface area contributed by atoms with Crippen molar-refractivity contribution < 1.29 is 4.79 Å². The van der Waals surface area contributed by atoms with Gasteiger partial charge in [-0.15, -0.1) is 0 Å². The number of amides is 1. The largest absolute Gasteiger partial charge is 0.322 e. The Hall–Kier alpha value is -2.20. The smallest absolute Gasteiger partial charge is 0.257 e. The highest BCUT2D eigenvalue weighted by molar-refractivity contribution is 6.04. The van der Waals surface area contributed by atoms with E-state index in [4.69, 9.17) is 0 Å². The third-order valence-corrected chi connectivity index (χ3v) is 3.27. The number of nitrogens with zero attached hydrogens (tertiary/aromatic N) is 1. The Bertz CT molecular complexity index is 596. The fourth-order valence-electron chi connectivity index (χ4n) is 2.26. The van der Waals surface area contributed by atoms with Crippen LogP contribution in [0.2, 0.25) is 0 Å². The molecule has 1 aliphatic rings. The molecule has 0 atom stereocenters. The number of carbonyl (C=O) groups is 1. The molecule has 1 aliphatic heterocycles. The van der Waals surface area contributed by atoms with Crippen LogP contribution in [0.3, 0.4) is 0 Å². The third-order valence-electron chi connectivity index (χ3n) is 3.27. The molecule has 0 saturated carbocycles. The zero-order valence-corrected chi connectivity index (χ0v) is 10.5. The molecule has 2 N–H and O–H groups in total. The Morgan fingerprint density at radius 3 is 3.05 bits per heavy atom. The first-order chi connectivity index (χ1) is 9.33. The van der Waals surface area contributed by atoms with E-state index in [9.17, 15) is 4.79 Å². The molecule has 1 aromatic carbocycles. The van der Waals surface area contributed by atoms with E-state index in [2.05, 4.69) is 21.7 Å². The fraction of sp³-hybridized carbons (Fsp3) is 0.200. The van der Waals surface area contributed by atoms with E-state index >= 15 is 0 Å². The van der Waals surface area contributed by atoms with E-state index < -0.39 is 0 Å². The molecule has 0 fully saturated rings. The first-order valence-corrected chi connectivity index (χ1v) is 6.37. The normalized spacial score (nSPS) is 13.7. The highest BCUT2D eigenvalue weighted by Crippen LogP contribution is 2.19. The van der Waals surface area contributed by atoms with Crippen molar-refractivity contribution >= 4 is 11.6 Å². The van der Waals surface area contributed by atoms with Crippen LogP contribution in [0.1, 0.15) is 21.5 Å². The molecular weight excluding hydrogens is 238 g/mol. The number of hydrogen-bond acceptors (Lipinski definition) is 3. The van der Waals surface area contributed by atoms with E-state index in [1.54, 1.807) is 24.5 Å². The lowest BCUT2D eigenvalue weighted by atomic mass is 10.0. The number of hydrogen-bond donors (Lipinski definition) is 2. The van der Waals surface area contributed by atoms with Gasteiger partial charge in [0.05, 0.1) is 5.56 Å². The van der Waals surface area contributed by atoms with Gasteiger partial charge in [0, 0.05) is 24.6 Å². The van der Waals surface area contributed by atoms with Crippen molar-refractivity contribution in [3.8, 4) is 0 Å². The Morgan fingerprint density at radius 2 is 2.21 bits per heavy atom. The molecule has 19 heavy (non-hydrogen) atoms. The number of fused-ring (bicyclic) bond motifs is 1. The molecule has 3 rings (SSSR count).